The molecule has 0 radical (unpaired) electrons. The second-order valence-electron chi connectivity index (χ2n) is 9.11. The van der Waals surface area contributed by atoms with Crippen LogP contribution in [0.3, 0.4) is 0 Å². The number of carbonyl (C=O) groups is 2. The predicted molar refractivity (Wildman–Crippen MR) is 148 cm³/mol. The summed E-state index contributed by atoms with van der Waals surface area (Å²) in [7, 11) is 1.54. The molecule has 0 atom stereocenters. The number of hydrogen-bond donors (Lipinski definition) is 2. The van der Waals surface area contributed by atoms with E-state index in [9.17, 15) is 22.8 Å². The summed E-state index contributed by atoms with van der Waals surface area (Å²) in [5, 5.41) is 10.0. The number of alkyl halides is 3. The van der Waals surface area contributed by atoms with Crippen LogP contribution in [0.4, 0.5) is 24.5 Å². The molecule has 11 heteroatoms. The number of benzene rings is 3. The maximum absolute atomic E-state index is 13.1. The van der Waals surface area contributed by atoms with Crippen molar-refractivity contribution < 1.29 is 27.5 Å². The number of halogens is 3. The first-order valence-corrected chi connectivity index (χ1v) is 12.5. The van der Waals surface area contributed by atoms with E-state index in [1.165, 1.54) is 19.2 Å². The lowest BCUT2D eigenvalue weighted by molar-refractivity contribution is -0.137. The fourth-order valence-electron chi connectivity index (χ4n) is 4.29. The molecule has 0 aliphatic rings. The zero-order valence-electron chi connectivity index (χ0n) is 21.8. The van der Waals surface area contributed by atoms with Gasteiger partial charge < -0.3 is 15.4 Å². The van der Waals surface area contributed by atoms with E-state index in [0.29, 0.717) is 34.9 Å². The molecule has 0 aliphatic carbocycles. The van der Waals surface area contributed by atoms with Crippen LogP contribution >= 0.6 is 0 Å². The Morgan fingerprint density at radius 2 is 1.61 bits per heavy atom. The van der Waals surface area contributed by atoms with Gasteiger partial charge in [0.15, 0.2) is 5.65 Å². The van der Waals surface area contributed by atoms with Crippen LogP contribution < -0.4 is 10.6 Å². The van der Waals surface area contributed by atoms with Gasteiger partial charge in [0.05, 0.1) is 30.5 Å². The van der Waals surface area contributed by atoms with Gasteiger partial charge in [-0.15, -0.1) is 0 Å². The van der Waals surface area contributed by atoms with Crippen molar-refractivity contribution in [3.8, 4) is 22.4 Å². The molecule has 0 spiro atoms. The number of anilines is 2. The molecule has 0 unspecified atom stereocenters. The molecule has 2 heterocycles. The first-order valence-electron chi connectivity index (χ1n) is 12.5. The molecule has 0 saturated heterocycles. The summed E-state index contributed by atoms with van der Waals surface area (Å²) < 4.78 is 45.9. The van der Waals surface area contributed by atoms with Gasteiger partial charge in [0.2, 0.25) is 5.91 Å². The van der Waals surface area contributed by atoms with Gasteiger partial charge in [0.25, 0.3) is 5.91 Å². The molecule has 208 valence electrons. The molecular formula is C30H24F3N5O3. The number of fused-ring (bicyclic) bond motifs is 1. The van der Waals surface area contributed by atoms with Crippen LogP contribution in [-0.4, -0.2) is 40.1 Å². The zero-order chi connectivity index (χ0) is 29.0. The highest BCUT2D eigenvalue weighted by atomic mass is 19.4. The third kappa shape index (κ3) is 6.25. The van der Waals surface area contributed by atoms with Crippen LogP contribution in [-0.2, 0) is 15.7 Å². The first kappa shape index (κ1) is 27.5. The lowest BCUT2D eigenvalue weighted by Gasteiger charge is -2.11. The summed E-state index contributed by atoms with van der Waals surface area (Å²) in [4.78, 5) is 29.4. The van der Waals surface area contributed by atoms with Gasteiger partial charge in [-0.05, 0) is 54.1 Å². The summed E-state index contributed by atoms with van der Waals surface area (Å²) >= 11 is 0. The highest BCUT2D eigenvalue weighted by molar-refractivity contribution is 6.04. The van der Waals surface area contributed by atoms with E-state index in [-0.39, 0.29) is 17.9 Å². The molecule has 2 amide bonds. The summed E-state index contributed by atoms with van der Waals surface area (Å²) in [5.41, 5.74) is 3.53. The number of amides is 2. The van der Waals surface area contributed by atoms with E-state index in [4.69, 9.17) is 4.74 Å². The number of carbonyl (C=O) groups excluding carboxylic acids is 2. The normalized spacial score (nSPS) is 11.4. The minimum atomic E-state index is -4.55. The maximum Gasteiger partial charge on any atom is 0.416 e. The molecule has 0 aliphatic heterocycles. The summed E-state index contributed by atoms with van der Waals surface area (Å²) in [5.74, 6) is -0.826. The minimum absolute atomic E-state index is 0.106. The number of rotatable bonds is 8. The number of nitrogens with zero attached hydrogens (tertiary/aromatic N) is 3. The van der Waals surface area contributed by atoms with Crippen LogP contribution in [0.2, 0.25) is 0 Å². The first-order chi connectivity index (χ1) is 19.7. The van der Waals surface area contributed by atoms with Crippen molar-refractivity contribution in [2.24, 2.45) is 0 Å². The van der Waals surface area contributed by atoms with Crippen molar-refractivity contribution in [1.82, 2.24) is 14.6 Å². The van der Waals surface area contributed by atoms with E-state index < -0.39 is 17.6 Å². The third-order valence-corrected chi connectivity index (χ3v) is 6.26. The number of hydrogen-bond acceptors (Lipinski definition) is 5. The van der Waals surface area contributed by atoms with Crippen LogP contribution in [0.15, 0.2) is 91.3 Å². The van der Waals surface area contributed by atoms with E-state index in [1.807, 2.05) is 24.3 Å². The lowest BCUT2D eigenvalue weighted by Crippen LogP contribution is -2.14. The minimum Gasteiger partial charge on any atom is -0.384 e. The molecular weight excluding hydrogens is 535 g/mol. The van der Waals surface area contributed by atoms with E-state index in [2.05, 4.69) is 20.7 Å². The van der Waals surface area contributed by atoms with Gasteiger partial charge in [-0.3, -0.25) is 9.59 Å². The van der Waals surface area contributed by atoms with E-state index >= 15 is 0 Å². The Kier molecular flexibility index (Phi) is 7.79. The molecule has 2 aromatic heterocycles. The summed E-state index contributed by atoms with van der Waals surface area (Å²) in [6.07, 6.45) is -0.996. The van der Waals surface area contributed by atoms with Crippen molar-refractivity contribution in [2.45, 2.75) is 12.6 Å². The maximum atomic E-state index is 13.1. The molecule has 41 heavy (non-hydrogen) atoms. The Labute approximate surface area is 232 Å². The fourth-order valence-corrected chi connectivity index (χ4v) is 4.29. The molecule has 5 aromatic rings. The van der Waals surface area contributed by atoms with Crippen molar-refractivity contribution in [1.29, 1.82) is 0 Å². The second-order valence-corrected chi connectivity index (χ2v) is 9.11. The van der Waals surface area contributed by atoms with Gasteiger partial charge in [-0.2, -0.15) is 18.3 Å². The third-order valence-electron chi connectivity index (χ3n) is 6.26. The monoisotopic (exact) mass is 559 g/mol. The van der Waals surface area contributed by atoms with Crippen molar-refractivity contribution in [2.75, 3.05) is 24.4 Å². The van der Waals surface area contributed by atoms with Gasteiger partial charge in [0, 0.05) is 41.4 Å². The Balaban J connectivity index is 1.41. The van der Waals surface area contributed by atoms with Crippen LogP contribution in [0.5, 0.6) is 0 Å². The lowest BCUT2D eigenvalue weighted by atomic mass is 10.1. The van der Waals surface area contributed by atoms with E-state index in [0.717, 1.165) is 23.3 Å². The van der Waals surface area contributed by atoms with Crippen LogP contribution in [0.1, 0.15) is 22.3 Å². The largest absolute Gasteiger partial charge is 0.416 e. The van der Waals surface area contributed by atoms with Crippen molar-refractivity contribution in [3.63, 3.8) is 0 Å². The van der Waals surface area contributed by atoms with Crippen LogP contribution in [0.25, 0.3) is 28.0 Å². The number of nitrogens with one attached hydrogen (secondary N) is 2. The fraction of sp³-hybridized carbons (Fsp3) is 0.133. The van der Waals surface area contributed by atoms with Gasteiger partial charge in [-0.1, -0.05) is 30.3 Å². The average molecular weight is 560 g/mol. The molecule has 3 aromatic carbocycles. The molecule has 2 N–H and O–H groups in total. The highest BCUT2D eigenvalue weighted by Gasteiger charge is 2.31. The quantitative estimate of drug-likeness (QED) is 0.232. The van der Waals surface area contributed by atoms with Crippen molar-refractivity contribution in [3.05, 3.63) is 102 Å². The number of ether oxygens (including phenoxy) is 1. The van der Waals surface area contributed by atoms with Crippen LogP contribution in [0, 0.1) is 0 Å². The smallest absolute Gasteiger partial charge is 0.384 e. The Hall–Kier alpha value is -5.03. The molecule has 8 nitrogen and oxygen atoms in total. The predicted octanol–water partition coefficient (Wildman–Crippen LogP) is 6.31. The zero-order valence-corrected chi connectivity index (χ0v) is 21.8. The summed E-state index contributed by atoms with van der Waals surface area (Å²) in [6, 6.07) is 20.3. The SMILES string of the molecule is COCCC(=O)Nc1cccc(-c2cnn3c(-c4cccc(NC(=O)c5cccc(C(F)(F)F)c5)c4)ccnc23)c1. The van der Waals surface area contributed by atoms with Gasteiger partial charge >= 0.3 is 6.18 Å². The topological polar surface area (TPSA) is 97.6 Å². The number of aromatic nitrogens is 3. The standard InChI is InChI=1S/C30H24F3N5O3/c1-41-14-12-27(39)36-23-9-3-5-19(16-23)25-18-35-38-26(11-13-34-28(25)38)20-6-4-10-24(17-20)37-29(40)21-7-2-8-22(15-21)30(31,32)33/h2-11,13,15-18H,12,14H2,1H3,(H,36,39)(H,37,40). The molecule has 0 bridgehead atoms. The highest BCUT2D eigenvalue weighted by Crippen LogP contribution is 2.31. The number of methoxy groups -OCH3 is 1. The van der Waals surface area contributed by atoms with Gasteiger partial charge in [-0.25, -0.2) is 9.50 Å². The van der Waals surface area contributed by atoms with E-state index in [1.54, 1.807) is 47.2 Å². The molecule has 5 rings (SSSR count). The summed E-state index contributed by atoms with van der Waals surface area (Å²) in [6.45, 7) is 0.322. The van der Waals surface area contributed by atoms with Crippen molar-refractivity contribution >= 4 is 28.8 Å². The second kappa shape index (κ2) is 11.6. The van der Waals surface area contributed by atoms with Gasteiger partial charge in [0.1, 0.15) is 0 Å². The molecule has 0 saturated carbocycles. The Morgan fingerprint density at radius 3 is 2.37 bits per heavy atom. The molecule has 0 fully saturated rings. The Morgan fingerprint density at radius 1 is 0.902 bits per heavy atom. The average Bonchev–Trinajstić information content (AvgIpc) is 3.40. The Bertz CT molecular complexity index is 1730.